The highest BCUT2D eigenvalue weighted by atomic mass is 32.2. The molecule has 1 aromatic carbocycles. The van der Waals surface area contributed by atoms with Crippen LogP contribution in [0.25, 0.3) is 0 Å². The van der Waals surface area contributed by atoms with Crippen LogP contribution in [0.3, 0.4) is 0 Å². The van der Waals surface area contributed by atoms with Gasteiger partial charge in [0.1, 0.15) is 10.8 Å². The number of para-hydroxylation sites is 1. The minimum Gasteiger partial charge on any atom is -0.482 e. The zero-order valence-electron chi connectivity index (χ0n) is 18.0. The van der Waals surface area contributed by atoms with Crippen LogP contribution in [0.5, 0.6) is 5.75 Å². The summed E-state index contributed by atoms with van der Waals surface area (Å²) in [5.74, 6) is 0.849. The molecule has 0 spiro atoms. The summed E-state index contributed by atoms with van der Waals surface area (Å²) >= 11 is 2.59. The maximum absolute atomic E-state index is 12.4. The predicted molar refractivity (Wildman–Crippen MR) is 121 cm³/mol. The number of aryl methyl sites for hydroxylation is 2. The minimum absolute atomic E-state index is 0.122. The molecule has 0 fully saturated rings. The van der Waals surface area contributed by atoms with Crippen LogP contribution in [0.4, 0.5) is 5.00 Å². The largest absolute Gasteiger partial charge is 0.482 e. The van der Waals surface area contributed by atoms with E-state index in [1.54, 1.807) is 6.07 Å². The van der Waals surface area contributed by atoms with Gasteiger partial charge in [0.25, 0.3) is 0 Å². The maximum Gasteiger partial charge on any atom is 0.340 e. The van der Waals surface area contributed by atoms with Gasteiger partial charge in [0.15, 0.2) is 17.1 Å². The molecule has 8 nitrogen and oxygen atoms in total. The number of benzene rings is 1. The Morgan fingerprint density at radius 1 is 1.26 bits per heavy atom. The standard InChI is InChI=1S/C21H24N4O4S2/c1-12-8-6-7-9-16(12)29-14(3)18-23-24-21(25(18)4)30-11-17(26)22-19-15(20(27)28-5)10-13(2)31-19/h6-10,14H,11H2,1-5H3,(H,22,26). The molecule has 0 aliphatic heterocycles. The average molecular weight is 461 g/mol. The van der Waals surface area contributed by atoms with Gasteiger partial charge in [0.05, 0.1) is 18.4 Å². The number of hydrogen-bond donors (Lipinski definition) is 1. The van der Waals surface area contributed by atoms with Crippen molar-refractivity contribution in [1.29, 1.82) is 0 Å². The van der Waals surface area contributed by atoms with Gasteiger partial charge in [0, 0.05) is 11.9 Å². The highest BCUT2D eigenvalue weighted by Gasteiger charge is 2.20. The Morgan fingerprint density at radius 2 is 2.00 bits per heavy atom. The fraction of sp³-hybridized carbons (Fsp3) is 0.333. The predicted octanol–water partition coefficient (Wildman–Crippen LogP) is 4.15. The van der Waals surface area contributed by atoms with Gasteiger partial charge in [-0.05, 0) is 38.5 Å². The second-order valence-corrected chi connectivity index (χ2v) is 9.05. The molecule has 1 unspecified atom stereocenters. The highest BCUT2D eigenvalue weighted by molar-refractivity contribution is 7.99. The molecule has 1 N–H and O–H groups in total. The van der Waals surface area contributed by atoms with E-state index in [-0.39, 0.29) is 17.8 Å². The number of esters is 1. The Bertz CT molecular complexity index is 1090. The number of nitrogens with zero attached hydrogens (tertiary/aromatic N) is 3. The zero-order valence-corrected chi connectivity index (χ0v) is 19.6. The van der Waals surface area contributed by atoms with Crippen LogP contribution in [0.1, 0.15) is 39.7 Å². The first kappa shape index (κ1) is 22.8. The minimum atomic E-state index is -0.479. The van der Waals surface area contributed by atoms with Crippen LogP contribution in [0.15, 0.2) is 35.5 Å². The van der Waals surface area contributed by atoms with Crippen molar-refractivity contribution in [3.63, 3.8) is 0 Å². The van der Waals surface area contributed by atoms with Gasteiger partial charge in [-0.25, -0.2) is 4.79 Å². The summed E-state index contributed by atoms with van der Waals surface area (Å²) in [5, 5.41) is 12.3. The Kier molecular flexibility index (Phi) is 7.34. The van der Waals surface area contributed by atoms with Crippen LogP contribution in [-0.4, -0.2) is 39.5 Å². The molecule has 0 bridgehead atoms. The molecule has 0 saturated heterocycles. The van der Waals surface area contributed by atoms with Gasteiger partial charge in [-0.1, -0.05) is 30.0 Å². The summed E-state index contributed by atoms with van der Waals surface area (Å²) in [5.41, 5.74) is 1.39. The number of methoxy groups -OCH3 is 1. The maximum atomic E-state index is 12.4. The molecule has 1 amide bonds. The molecule has 0 saturated carbocycles. The number of rotatable bonds is 8. The van der Waals surface area contributed by atoms with E-state index in [0.29, 0.717) is 21.5 Å². The first-order valence-electron chi connectivity index (χ1n) is 9.53. The number of carbonyl (C=O) groups excluding carboxylic acids is 2. The van der Waals surface area contributed by atoms with Crippen LogP contribution >= 0.6 is 23.1 Å². The second kappa shape index (κ2) is 9.97. The number of aromatic nitrogens is 3. The van der Waals surface area contributed by atoms with Gasteiger partial charge in [-0.15, -0.1) is 21.5 Å². The topological polar surface area (TPSA) is 95.3 Å². The third-order valence-corrected chi connectivity index (χ3v) is 6.46. The Balaban J connectivity index is 1.62. The third-order valence-electron chi connectivity index (χ3n) is 4.48. The fourth-order valence-corrected chi connectivity index (χ4v) is 4.53. The molecule has 31 heavy (non-hydrogen) atoms. The van der Waals surface area contributed by atoms with Crippen LogP contribution in [-0.2, 0) is 16.6 Å². The highest BCUT2D eigenvalue weighted by Crippen LogP contribution is 2.29. The van der Waals surface area contributed by atoms with Crippen molar-refractivity contribution in [1.82, 2.24) is 14.8 Å². The van der Waals surface area contributed by atoms with Crippen molar-refractivity contribution in [2.75, 3.05) is 18.2 Å². The van der Waals surface area contributed by atoms with E-state index < -0.39 is 5.97 Å². The number of amides is 1. The normalized spacial score (nSPS) is 11.8. The van der Waals surface area contributed by atoms with Crippen LogP contribution in [0.2, 0.25) is 0 Å². The number of ether oxygens (including phenoxy) is 2. The molecule has 2 heterocycles. The number of nitrogens with one attached hydrogen (secondary N) is 1. The van der Waals surface area contributed by atoms with Crippen LogP contribution in [0, 0.1) is 13.8 Å². The molecule has 2 aromatic heterocycles. The van der Waals surface area contributed by atoms with Gasteiger partial charge in [-0.3, -0.25) is 4.79 Å². The van der Waals surface area contributed by atoms with E-state index in [2.05, 4.69) is 15.5 Å². The van der Waals surface area contributed by atoms with Crippen molar-refractivity contribution in [2.45, 2.75) is 32.0 Å². The lowest BCUT2D eigenvalue weighted by Crippen LogP contribution is -2.16. The molecular formula is C21H24N4O4S2. The summed E-state index contributed by atoms with van der Waals surface area (Å²) in [4.78, 5) is 25.2. The van der Waals surface area contributed by atoms with Crippen molar-refractivity contribution in [2.24, 2.45) is 7.05 Å². The molecule has 0 aliphatic carbocycles. The Labute approximate surface area is 189 Å². The molecule has 164 valence electrons. The molecule has 0 radical (unpaired) electrons. The van der Waals surface area contributed by atoms with E-state index in [4.69, 9.17) is 9.47 Å². The lowest BCUT2D eigenvalue weighted by Gasteiger charge is -2.15. The van der Waals surface area contributed by atoms with E-state index in [1.165, 1.54) is 30.2 Å². The number of thioether (sulfide) groups is 1. The smallest absolute Gasteiger partial charge is 0.340 e. The number of hydrogen-bond acceptors (Lipinski definition) is 8. The first-order valence-corrected chi connectivity index (χ1v) is 11.3. The summed E-state index contributed by atoms with van der Waals surface area (Å²) < 4.78 is 12.6. The van der Waals surface area contributed by atoms with E-state index in [9.17, 15) is 9.59 Å². The lowest BCUT2D eigenvalue weighted by molar-refractivity contribution is -0.113. The monoisotopic (exact) mass is 460 g/mol. The van der Waals surface area contributed by atoms with Crippen molar-refractivity contribution in [3.8, 4) is 5.75 Å². The SMILES string of the molecule is COC(=O)c1cc(C)sc1NC(=O)CSc1nnc(C(C)Oc2ccccc2C)n1C. The molecular weight excluding hydrogens is 436 g/mol. The molecule has 10 heteroatoms. The van der Waals surface area contributed by atoms with Crippen molar-refractivity contribution < 1.29 is 19.1 Å². The third kappa shape index (κ3) is 5.45. The molecule has 0 aliphatic rings. The molecule has 1 atom stereocenters. The number of thiophene rings is 1. The second-order valence-electron chi connectivity index (χ2n) is 6.85. The summed E-state index contributed by atoms with van der Waals surface area (Å²) in [7, 11) is 3.15. The average Bonchev–Trinajstić information content (AvgIpc) is 3.29. The fourth-order valence-electron chi connectivity index (χ4n) is 2.90. The van der Waals surface area contributed by atoms with Crippen molar-refractivity contribution in [3.05, 3.63) is 52.2 Å². The Hall–Kier alpha value is -2.85. The van der Waals surface area contributed by atoms with Gasteiger partial charge in [0.2, 0.25) is 5.91 Å². The van der Waals surface area contributed by atoms with Gasteiger partial charge >= 0.3 is 5.97 Å². The molecule has 3 rings (SSSR count). The van der Waals surface area contributed by atoms with Gasteiger partial charge in [-0.2, -0.15) is 0 Å². The summed E-state index contributed by atoms with van der Waals surface area (Å²) in [6.07, 6.45) is -0.307. The zero-order chi connectivity index (χ0) is 22.5. The first-order chi connectivity index (χ1) is 14.8. The van der Waals surface area contributed by atoms with E-state index >= 15 is 0 Å². The van der Waals surface area contributed by atoms with Crippen molar-refractivity contribution >= 4 is 40.0 Å². The summed E-state index contributed by atoms with van der Waals surface area (Å²) in [6.45, 7) is 5.76. The number of carbonyl (C=O) groups is 2. The number of anilines is 1. The molecule has 3 aromatic rings. The van der Waals surface area contributed by atoms with Crippen LogP contribution < -0.4 is 10.1 Å². The summed E-state index contributed by atoms with van der Waals surface area (Å²) in [6, 6.07) is 9.48. The van der Waals surface area contributed by atoms with E-state index in [0.717, 1.165) is 16.2 Å². The van der Waals surface area contributed by atoms with Gasteiger partial charge < -0.3 is 19.4 Å². The van der Waals surface area contributed by atoms with E-state index in [1.807, 2.05) is 56.7 Å². The Morgan fingerprint density at radius 3 is 2.71 bits per heavy atom. The quantitative estimate of drug-likeness (QED) is 0.398. The lowest BCUT2D eigenvalue weighted by atomic mass is 10.2.